The third-order valence-electron chi connectivity index (χ3n) is 4.47. The van der Waals surface area contributed by atoms with Crippen LogP contribution < -0.4 is 0 Å². The standard InChI is InChI=1S/C16H34O2Si2/c1-8-14(2)15(17)18-16(12-19(3,4)5)10-9-11-20(6,7)13-16/h14H,8-13H2,1-7H3. The normalized spacial score (nSPS) is 27.9. The molecule has 0 aliphatic carbocycles. The molecule has 0 amide bonds. The first-order chi connectivity index (χ1) is 8.99. The third-order valence-corrected chi connectivity index (χ3v) is 9.48. The van der Waals surface area contributed by atoms with E-state index in [9.17, 15) is 4.79 Å². The van der Waals surface area contributed by atoms with E-state index in [1.807, 2.05) is 6.92 Å². The van der Waals surface area contributed by atoms with Crippen molar-refractivity contribution in [2.45, 2.75) is 89.6 Å². The van der Waals surface area contributed by atoms with Crippen molar-refractivity contribution in [2.75, 3.05) is 0 Å². The smallest absolute Gasteiger partial charge is 0.309 e. The fourth-order valence-corrected chi connectivity index (χ4v) is 9.65. The zero-order chi connectivity index (χ0) is 15.6. The molecule has 0 aromatic carbocycles. The number of hydrogen-bond acceptors (Lipinski definition) is 2. The molecular weight excluding hydrogens is 280 g/mol. The van der Waals surface area contributed by atoms with Crippen LogP contribution in [0, 0.1) is 5.92 Å². The van der Waals surface area contributed by atoms with Gasteiger partial charge in [-0.3, -0.25) is 4.79 Å². The molecule has 2 atom stereocenters. The summed E-state index contributed by atoms with van der Waals surface area (Å²) in [6, 6.07) is 3.70. The summed E-state index contributed by atoms with van der Waals surface area (Å²) in [5, 5.41) is 0. The summed E-state index contributed by atoms with van der Waals surface area (Å²) >= 11 is 0. The molecule has 0 bridgehead atoms. The van der Waals surface area contributed by atoms with Crippen LogP contribution in [-0.2, 0) is 9.53 Å². The lowest BCUT2D eigenvalue weighted by molar-refractivity contribution is -0.162. The molecule has 118 valence electrons. The molecule has 0 aromatic heterocycles. The van der Waals surface area contributed by atoms with Crippen LogP contribution in [0.1, 0.15) is 33.1 Å². The lowest BCUT2D eigenvalue weighted by Crippen LogP contribution is -2.50. The molecule has 2 nitrogen and oxygen atoms in total. The Morgan fingerprint density at radius 2 is 1.95 bits per heavy atom. The molecule has 1 aliphatic heterocycles. The van der Waals surface area contributed by atoms with Gasteiger partial charge in [0, 0.05) is 8.07 Å². The average molecular weight is 315 g/mol. The van der Waals surface area contributed by atoms with Gasteiger partial charge in [-0.25, -0.2) is 0 Å². The van der Waals surface area contributed by atoms with Crippen molar-refractivity contribution in [2.24, 2.45) is 5.92 Å². The molecule has 20 heavy (non-hydrogen) atoms. The maximum Gasteiger partial charge on any atom is 0.309 e. The Kier molecular flexibility index (Phi) is 5.70. The van der Waals surface area contributed by atoms with Crippen molar-refractivity contribution in [3.05, 3.63) is 0 Å². The summed E-state index contributed by atoms with van der Waals surface area (Å²) in [4.78, 5) is 12.4. The largest absolute Gasteiger partial charge is 0.459 e. The van der Waals surface area contributed by atoms with Crippen molar-refractivity contribution in [3.63, 3.8) is 0 Å². The SMILES string of the molecule is CCC(C)C(=O)OC1(C[Si](C)(C)C)CCC[Si](C)(C)C1. The van der Waals surface area contributed by atoms with E-state index in [1.165, 1.54) is 18.5 Å². The van der Waals surface area contributed by atoms with Crippen molar-refractivity contribution in [3.8, 4) is 0 Å². The molecule has 1 saturated heterocycles. The van der Waals surface area contributed by atoms with Crippen LogP contribution >= 0.6 is 0 Å². The van der Waals surface area contributed by atoms with Crippen molar-refractivity contribution in [1.29, 1.82) is 0 Å². The number of carbonyl (C=O) groups excluding carboxylic acids is 1. The van der Waals surface area contributed by atoms with E-state index in [4.69, 9.17) is 4.74 Å². The Morgan fingerprint density at radius 1 is 1.35 bits per heavy atom. The van der Waals surface area contributed by atoms with Crippen molar-refractivity contribution >= 4 is 22.1 Å². The van der Waals surface area contributed by atoms with Gasteiger partial charge < -0.3 is 4.74 Å². The first-order valence-corrected chi connectivity index (χ1v) is 15.3. The van der Waals surface area contributed by atoms with Gasteiger partial charge in [0.2, 0.25) is 0 Å². The predicted molar refractivity (Wildman–Crippen MR) is 92.8 cm³/mol. The van der Waals surface area contributed by atoms with E-state index in [0.717, 1.165) is 18.9 Å². The van der Waals surface area contributed by atoms with Crippen LogP contribution in [0.25, 0.3) is 0 Å². The predicted octanol–water partition coefficient (Wildman–Crippen LogP) is 5.15. The molecule has 4 heteroatoms. The Labute approximate surface area is 127 Å². The van der Waals surface area contributed by atoms with E-state index in [0.29, 0.717) is 0 Å². The highest BCUT2D eigenvalue weighted by Crippen LogP contribution is 2.43. The first kappa shape index (κ1) is 18.0. The molecule has 1 rings (SSSR count). The molecule has 0 radical (unpaired) electrons. The number of hydrogen-bond donors (Lipinski definition) is 0. The molecule has 0 N–H and O–H groups in total. The van der Waals surface area contributed by atoms with Crippen molar-refractivity contribution in [1.82, 2.24) is 0 Å². The number of ether oxygens (including phenoxy) is 1. The van der Waals surface area contributed by atoms with E-state index in [2.05, 4.69) is 39.7 Å². The Hall–Kier alpha value is -0.0962. The molecular formula is C16H34O2Si2. The van der Waals surface area contributed by atoms with Crippen LogP contribution in [0.2, 0.25) is 50.9 Å². The molecule has 1 aliphatic rings. The first-order valence-electron chi connectivity index (χ1n) is 8.22. The van der Waals surface area contributed by atoms with Crippen LogP contribution in [0.4, 0.5) is 0 Å². The van der Waals surface area contributed by atoms with Crippen LogP contribution in [0.3, 0.4) is 0 Å². The molecule has 1 heterocycles. The van der Waals surface area contributed by atoms with Gasteiger partial charge in [-0.05, 0) is 24.9 Å². The van der Waals surface area contributed by atoms with Crippen molar-refractivity contribution < 1.29 is 9.53 Å². The number of rotatable bonds is 5. The summed E-state index contributed by atoms with van der Waals surface area (Å²) in [5.41, 5.74) is -0.126. The van der Waals surface area contributed by atoms with Gasteiger partial charge in [0.05, 0.1) is 14.0 Å². The summed E-state index contributed by atoms with van der Waals surface area (Å²) in [7, 11) is -2.44. The average Bonchev–Trinajstić information content (AvgIpc) is 2.23. The highest BCUT2D eigenvalue weighted by Gasteiger charge is 2.46. The number of esters is 1. The molecule has 0 aromatic rings. The zero-order valence-electron chi connectivity index (χ0n) is 14.6. The van der Waals surface area contributed by atoms with Gasteiger partial charge in [0.15, 0.2) is 0 Å². The van der Waals surface area contributed by atoms with Gasteiger partial charge in [-0.2, -0.15) is 0 Å². The van der Waals surface area contributed by atoms with Gasteiger partial charge >= 0.3 is 5.97 Å². The Balaban J connectivity index is 2.93. The van der Waals surface area contributed by atoms with Crippen LogP contribution in [0.5, 0.6) is 0 Å². The Morgan fingerprint density at radius 3 is 2.40 bits per heavy atom. The monoisotopic (exact) mass is 314 g/mol. The molecule has 0 saturated carbocycles. The van der Waals surface area contributed by atoms with Gasteiger partial charge in [-0.1, -0.05) is 59.0 Å². The van der Waals surface area contributed by atoms with Crippen LogP contribution in [0.15, 0.2) is 0 Å². The molecule has 0 spiro atoms. The summed E-state index contributed by atoms with van der Waals surface area (Å²) in [6.45, 7) is 16.2. The second kappa shape index (κ2) is 6.34. The van der Waals surface area contributed by atoms with Gasteiger partial charge in [-0.15, -0.1) is 0 Å². The van der Waals surface area contributed by atoms with Gasteiger partial charge in [0.1, 0.15) is 5.60 Å². The van der Waals surface area contributed by atoms with Gasteiger partial charge in [0.25, 0.3) is 0 Å². The topological polar surface area (TPSA) is 26.3 Å². The third kappa shape index (κ3) is 5.36. The van der Waals surface area contributed by atoms with E-state index in [-0.39, 0.29) is 17.5 Å². The summed E-state index contributed by atoms with van der Waals surface area (Å²) < 4.78 is 6.17. The maximum absolute atomic E-state index is 12.4. The van der Waals surface area contributed by atoms with E-state index < -0.39 is 16.1 Å². The summed E-state index contributed by atoms with van der Waals surface area (Å²) in [5.74, 6) is 0.0812. The quantitative estimate of drug-likeness (QED) is 0.518. The van der Waals surface area contributed by atoms with E-state index in [1.54, 1.807) is 0 Å². The fourth-order valence-electron chi connectivity index (χ4n) is 3.66. The molecule has 2 unspecified atom stereocenters. The second-order valence-corrected chi connectivity index (χ2v) is 19.5. The molecule has 1 fully saturated rings. The minimum Gasteiger partial charge on any atom is -0.459 e. The lowest BCUT2D eigenvalue weighted by atomic mass is 10.0. The highest BCUT2D eigenvalue weighted by atomic mass is 28.3. The maximum atomic E-state index is 12.4. The van der Waals surface area contributed by atoms with E-state index >= 15 is 0 Å². The van der Waals surface area contributed by atoms with Crippen LogP contribution in [-0.4, -0.2) is 27.7 Å². The Bertz CT molecular complexity index is 343. The summed E-state index contributed by atoms with van der Waals surface area (Å²) in [6.07, 6.45) is 3.22. The zero-order valence-corrected chi connectivity index (χ0v) is 16.6. The fraction of sp³-hybridized carbons (Fsp3) is 0.938. The highest BCUT2D eigenvalue weighted by molar-refractivity contribution is 6.79. The number of carbonyl (C=O) groups is 1. The second-order valence-electron chi connectivity index (χ2n) is 8.85. The minimum absolute atomic E-state index is 0.0393. The minimum atomic E-state index is -1.25. The lowest BCUT2D eigenvalue weighted by Gasteiger charge is -2.46.